The zero-order valence-electron chi connectivity index (χ0n) is 15.7. The molecule has 2 aliphatic rings. The molecule has 3 heterocycles. The van der Waals surface area contributed by atoms with Gasteiger partial charge in [0.05, 0.1) is 0 Å². The Kier molecular flexibility index (Phi) is 6.10. The molecule has 1 aromatic carbocycles. The lowest BCUT2D eigenvalue weighted by Gasteiger charge is -2.28. The number of benzene rings is 1. The molecule has 0 N–H and O–H groups in total. The number of likely N-dealkylation sites (tertiary alicyclic amines) is 2. The second-order valence-electron chi connectivity index (χ2n) is 7.46. The Hall–Kier alpha value is -1.85. The fourth-order valence-corrected chi connectivity index (χ4v) is 4.85. The molecule has 1 amide bonds. The van der Waals surface area contributed by atoms with E-state index in [1.165, 1.54) is 31.5 Å². The van der Waals surface area contributed by atoms with Crippen LogP contribution in [-0.2, 0) is 5.75 Å². The highest BCUT2D eigenvalue weighted by molar-refractivity contribution is 7.98. The van der Waals surface area contributed by atoms with Crippen LogP contribution in [0.2, 0.25) is 0 Å². The molecule has 2 saturated heterocycles. The van der Waals surface area contributed by atoms with E-state index in [0.29, 0.717) is 11.7 Å². The normalized spacial score (nSPS) is 20.3. The van der Waals surface area contributed by atoms with Crippen molar-refractivity contribution in [2.24, 2.45) is 0 Å². The van der Waals surface area contributed by atoms with Gasteiger partial charge < -0.3 is 9.80 Å². The highest BCUT2D eigenvalue weighted by Gasteiger charge is 2.31. The van der Waals surface area contributed by atoms with Crippen LogP contribution in [0.3, 0.4) is 0 Å². The molecule has 0 radical (unpaired) electrons. The van der Waals surface area contributed by atoms with Gasteiger partial charge >= 0.3 is 0 Å². The van der Waals surface area contributed by atoms with Crippen LogP contribution in [-0.4, -0.2) is 52.9 Å². The Bertz CT molecular complexity index is 744. The molecule has 0 spiro atoms. The SMILES string of the molecule is O=C(c1ccc(SCc2ccccc2)cn1)N1CCC[C@H]1CN1CCCC1. The molecular formula is C22H27N3OS. The quantitative estimate of drug-likeness (QED) is 0.707. The summed E-state index contributed by atoms with van der Waals surface area (Å²) in [6.07, 6.45) is 6.66. The van der Waals surface area contributed by atoms with Gasteiger partial charge in [0.1, 0.15) is 5.69 Å². The van der Waals surface area contributed by atoms with Gasteiger partial charge in [-0.05, 0) is 56.5 Å². The summed E-state index contributed by atoms with van der Waals surface area (Å²) >= 11 is 1.75. The molecular weight excluding hydrogens is 354 g/mol. The average molecular weight is 382 g/mol. The molecule has 4 rings (SSSR count). The van der Waals surface area contributed by atoms with Gasteiger partial charge in [-0.1, -0.05) is 30.3 Å². The molecule has 1 atom stereocenters. The molecule has 0 aliphatic carbocycles. The van der Waals surface area contributed by atoms with Gasteiger partial charge in [-0.25, -0.2) is 4.98 Å². The minimum absolute atomic E-state index is 0.0938. The first kappa shape index (κ1) is 18.5. The second-order valence-corrected chi connectivity index (χ2v) is 8.50. The first-order chi connectivity index (χ1) is 13.3. The number of thioether (sulfide) groups is 1. The van der Waals surface area contributed by atoms with Crippen molar-refractivity contribution in [1.82, 2.24) is 14.8 Å². The number of rotatable bonds is 6. The summed E-state index contributed by atoms with van der Waals surface area (Å²) in [5, 5.41) is 0. The number of hydrogen-bond acceptors (Lipinski definition) is 4. The van der Waals surface area contributed by atoms with Gasteiger partial charge in [-0.15, -0.1) is 11.8 Å². The van der Waals surface area contributed by atoms with Crippen molar-refractivity contribution >= 4 is 17.7 Å². The summed E-state index contributed by atoms with van der Waals surface area (Å²) < 4.78 is 0. The first-order valence-electron chi connectivity index (χ1n) is 9.96. The van der Waals surface area contributed by atoms with Crippen molar-refractivity contribution in [3.8, 4) is 0 Å². The van der Waals surface area contributed by atoms with E-state index in [0.717, 1.165) is 36.6 Å². The second kappa shape index (κ2) is 8.89. The summed E-state index contributed by atoms with van der Waals surface area (Å²) in [6, 6.07) is 14.7. The zero-order chi connectivity index (χ0) is 18.5. The van der Waals surface area contributed by atoms with Crippen LogP contribution in [0.15, 0.2) is 53.6 Å². The van der Waals surface area contributed by atoms with Crippen LogP contribution in [0, 0.1) is 0 Å². The van der Waals surface area contributed by atoms with Crippen LogP contribution in [0.25, 0.3) is 0 Å². The van der Waals surface area contributed by atoms with E-state index in [-0.39, 0.29) is 5.91 Å². The van der Waals surface area contributed by atoms with E-state index >= 15 is 0 Å². The Morgan fingerprint density at radius 1 is 1.04 bits per heavy atom. The maximum absolute atomic E-state index is 13.0. The maximum atomic E-state index is 13.0. The van der Waals surface area contributed by atoms with Gasteiger partial charge in [0.15, 0.2) is 0 Å². The summed E-state index contributed by atoms with van der Waals surface area (Å²) in [5.74, 6) is 1.01. The minimum Gasteiger partial charge on any atom is -0.333 e. The van der Waals surface area contributed by atoms with Crippen molar-refractivity contribution < 1.29 is 4.79 Å². The fraction of sp³-hybridized carbons (Fsp3) is 0.455. The Morgan fingerprint density at radius 3 is 2.59 bits per heavy atom. The van der Waals surface area contributed by atoms with E-state index in [4.69, 9.17) is 0 Å². The highest BCUT2D eigenvalue weighted by Crippen LogP contribution is 2.24. The van der Waals surface area contributed by atoms with E-state index in [1.54, 1.807) is 11.8 Å². The molecule has 5 heteroatoms. The molecule has 0 saturated carbocycles. The van der Waals surface area contributed by atoms with Crippen LogP contribution >= 0.6 is 11.8 Å². The molecule has 1 aromatic heterocycles. The van der Waals surface area contributed by atoms with Gasteiger partial charge in [-0.2, -0.15) is 0 Å². The van der Waals surface area contributed by atoms with Gasteiger partial charge in [0, 0.05) is 36.0 Å². The molecule has 4 nitrogen and oxygen atoms in total. The van der Waals surface area contributed by atoms with E-state index in [2.05, 4.69) is 39.0 Å². The minimum atomic E-state index is 0.0938. The molecule has 2 fully saturated rings. The topological polar surface area (TPSA) is 36.4 Å². The lowest BCUT2D eigenvalue weighted by Crippen LogP contribution is -2.42. The van der Waals surface area contributed by atoms with E-state index < -0.39 is 0 Å². The van der Waals surface area contributed by atoms with Crippen molar-refractivity contribution in [2.75, 3.05) is 26.2 Å². The van der Waals surface area contributed by atoms with Crippen molar-refractivity contribution in [2.45, 2.75) is 42.4 Å². The van der Waals surface area contributed by atoms with Gasteiger partial charge in [-0.3, -0.25) is 4.79 Å². The molecule has 0 unspecified atom stereocenters. The maximum Gasteiger partial charge on any atom is 0.272 e. The molecule has 27 heavy (non-hydrogen) atoms. The highest BCUT2D eigenvalue weighted by atomic mass is 32.2. The number of carbonyl (C=O) groups is 1. The lowest BCUT2D eigenvalue weighted by atomic mass is 10.2. The summed E-state index contributed by atoms with van der Waals surface area (Å²) in [5.41, 5.74) is 1.87. The lowest BCUT2D eigenvalue weighted by molar-refractivity contribution is 0.0702. The number of nitrogens with zero attached hydrogens (tertiary/aromatic N) is 3. The molecule has 2 aliphatic heterocycles. The summed E-state index contributed by atoms with van der Waals surface area (Å²) in [7, 11) is 0. The van der Waals surface area contributed by atoms with Crippen molar-refractivity contribution in [1.29, 1.82) is 0 Å². The fourth-order valence-electron chi connectivity index (χ4n) is 4.04. The monoisotopic (exact) mass is 381 g/mol. The van der Waals surface area contributed by atoms with Crippen molar-refractivity contribution in [3.63, 3.8) is 0 Å². The number of carbonyl (C=O) groups excluding carboxylic acids is 1. The van der Waals surface area contributed by atoms with E-state index in [9.17, 15) is 4.79 Å². The number of amides is 1. The average Bonchev–Trinajstić information content (AvgIpc) is 3.40. The Labute approximate surface area is 166 Å². The first-order valence-corrected chi connectivity index (χ1v) is 10.9. The van der Waals surface area contributed by atoms with Crippen LogP contribution in [0.5, 0.6) is 0 Å². The van der Waals surface area contributed by atoms with Crippen LogP contribution in [0.1, 0.15) is 41.7 Å². The molecule has 2 aromatic rings. The third-order valence-corrected chi connectivity index (χ3v) is 6.56. The number of hydrogen-bond donors (Lipinski definition) is 0. The van der Waals surface area contributed by atoms with Crippen LogP contribution in [0.4, 0.5) is 0 Å². The summed E-state index contributed by atoms with van der Waals surface area (Å²) in [6.45, 7) is 4.26. The molecule has 142 valence electrons. The number of pyridine rings is 1. The largest absolute Gasteiger partial charge is 0.333 e. The van der Waals surface area contributed by atoms with E-state index in [1.807, 2.05) is 24.4 Å². The van der Waals surface area contributed by atoms with Crippen molar-refractivity contribution in [3.05, 3.63) is 59.9 Å². The van der Waals surface area contributed by atoms with Crippen LogP contribution < -0.4 is 0 Å². The predicted molar refractivity (Wildman–Crippen MR) is 110 cm³/mol. The Balaban J connectivity index is 1.35. The molecule has 0 bridgehead atoms. The third kappa shape index (κ3) is 4.71. The van der Waals surface area contributed by atoms with Gasteiger partial charge in [0.2, 0.25) is 0 Å². The summed E-state index contributed by atoms with van der Waals surface area (Å²) in [4.78, 5) is 23.1. The van der Waals surface area contributed by atoms with Gasteiger partial charge in [0.25, 0.3) is 5.91 Å². The standard InChI is InChI=1S/C22H27N3OS/c26-22(25-14-6-9-19(25)16-24-12-4-5-13-24)21-11-10-20(15-23-21)27-17-18-7-2-1-3-8-18/h1-3,7-8,10-11,15,19H,4-6,9,12-14,16-17H2/t19-/m0/s1. The third-order valence-electron chi connectivity index (χ3n) is 5.51. The number of aromatic nitrogens is 1. The Morgan fingerprint density at radius 2 is 1.85 bits per heavy atom. The zero-order valence-corrected chi connectivity index (χ0v) is 16.5. The predicted octanol–water partition coefficient (Wildman–Crippen LogP) is 4.07. The smallest absolute Gasteiger partial charge is 0.272 e.